The second-order valence-electron chi connectivity index (χ2n) is 3.43. The molecule has 0 saturated heterocycles. The van der Waals surface area contributed by atoms with Crippen LogP contribution in [0.3, 0.4) is 0 Å². The molecule has 1 aromatic rings. The monoisotopic (exact) mass is 208 g/mol. The number of nitrogens with zero attached hydrogens (tertiary/aromatic N) is 1. The van der Waals surface area contributed by atoms with Gasteiger partial charge in [-0.2, -0.15) is 0 Å². The molecule has 0 aliphatic rings. The minimum atomic E-state index is -0.731. The van der Waals surface area contributed by atoms with Crippen molar-refractivity contribution in [3.63, 3.8) is 0 Å². The maximum atomic E-state index is 11.6. The molecule has 0 bridgehead atoms. The fraction of sp³-hybridized carbons (Fsp3) is 0.300. The molecular formula is C10H12N2O3. The SMILES string of the molecule is Cc1ccc([N+](=O)[O-])c(C(=O)C(C)N)c1. The van der Waals surface area contributed by atoms with E-state index in [4.69, 9.17) is 5.73 Å². The number of carbonyl (C=O) groups is 1. The highest BCUT2D eigenvalue weighted by Crippen LogP contribution is 2.20. The summed E-state index contributed by atoms with van der Waals surface area (Å²) < 4.78 is 0. The van der Waals surface area contributed by atoms with Crippen molar-refractivity contribution in [2.24, 2.45) is 5.73 Å². The van der Waals surface area contributed by atoms with Crippen LogP contribution in [0.1, 0.15) is 22.8 Å². The lowest BCUT2D eigenvalue weighted by Crippen LogP contribution is -2.27. The summed E-state index contributed by atoms with van der Waals surface area (Å²) in [6.07, 6.45) is 0. The third kappa shape index (κ3) is 2.38. The number of hydrogen-bond acceptors (Lipinski definition) is 4. The van der Waals surface area contributed by atoms with Gasteiger partial charge in [0.1, 0.15) is 0 Å². The molecular weight excluding hydrogens is 196 g/mol. The Morgan fingerprint density at radius 2 is 2.13 bits per heavy atom. The van der Waals surface area contributed by atoms with Gasteiger partial charge >= 0.3 is 0 Å². The van der Waals surface area contributed by atoms with Crippen molar-refractivity contribution in [2.75, 3.05) is 0 Å². The van der Waals surface area contributed by atoms with Crippen LogP contribution in [0.2, 0.25) is 0 Å². The van der Waals surface area contributed by atoms with Gasteiger partial charge in [0.25, 0.3) is 5.69 Å². The van der Waals surface area contributed by atoms with Crippen LogP contribution in [-0.2, 0) is 0 Å². The summed E-state index contributed by atoms with van der Waals surface area (Å²) in [5.74, 6) is -0.412. The van der Waals surface area contributed by atoms with Crippen molar-refractivity contribution in [1.82, 2.24) is 0 Å². The molecule has 1 atom stereocenters. The molecule has 0 aliphatic carbocycles. The van der Waals surface area contributed by atoms with Crippen LogP contribution in [0, 0.1) is 17.0 Å². The molecule has 0 spiro atoms. The molecule has 2 N–H and O–H groups in total. The molecule has 80 valence electrons. The number of hydrogen-bond donors (Lipinski definition) is 1. The Labute approximate surface area is 87.0 Å². The molecule has 0 radical (unpaired) electrons. The first-order valence-electron chi connectivity index (χ1n) is 4.48. The zero-order valence-corrected chi connectivity index (χ0v) is 8.56. The standard InChI is InChI=1S/C10H12N2O3/c1-6-3-4-9(12(14)15)8(5-6)10(13)7(2)11/h3-5,7H,11H2,1-2H3. The van der Waals surface area contributed by atoms with E-state index in [0.717, 1.165) is 5.56 Å². The highest BCUT2D eigenvalue weighted by atomic mass is 16.6. The maximum absolute atomic E-state index is 11.6. The van der Waals surface area contributed by atoms with E-state index < -0.39 is 16.7 Å². The lowest BCUT2D eigenvalue weighted by atomic mass is 10.0. The fourth-order valence-corrected chi connectivity index (χ4v) is 1.25. The van der Waals surface area contributed by atoms with Crippen molar-refractivity contribution in [1.29, 1.82) is 0 Å². The number of aryl methyl sites for hydroxylation is 1. The van der Waals surface area contributed by atoms with Crippen LogP contribution in [0.25, 0.3) is 0 Å². The zero-order chi connectivity index (χ0) is 11.6. The second-order valence-corrected chi connectivity index (χ2v) is 3.43. The predicted molar refractivity (Wildman–Crippen MR) is 55.8 cm³/mol. The largest absolute Gasteiger partial charge is 0.321 e. The average molecular weight is 208 g/mol. The van der Waals surface area contributed by atoms with Gasteiger partial charge in [0.05, 0.1) is 16.5 Å². The summed E-state index contributed by atoms with van der Waals surface area (Å²) >= 11 is 0. The Morgan fingerprint density at radius 3 is 2.60 bits per heavy atom. The Balaban J connectivity index is 3.30. The van der Waals surface area contributed by atoms with Crippen molar-refractivity contribution in [3.8, 4) is 0 Å². The molecule has 0 amide bonds. The summed E-state index contributed by atoms with van der Waals surface area (Å²) in [6, 6.07) is 3.68. The van der Waals surface area contributed by atoms with Gasteiger partial charge in [0.15, 0.2) is 5.78 Å². The molecule has 1 rings (SSSR count). The van der Waals surface area contributed by atoms with Gasteiger partial charge in [0.2, 0.25) is 0 Å². The van der Waals surface area contributed by atoms with Gasteiger partial charge < -0.3 is 5.73 Å². The first kappa shape index (κ1) is 11.3. The van der Waals surface area contributed by atoms with Crippen LogP contribution < -0.4 is 5.73 Å². The Bertz CT molecular complexity index is 413. The van der Waals surface area contributed by atoms with Crippen molar-refractivity contribution < 1.29 is 9.72 Å². The van der Waals surface area contributed by atoms with Gasteiger partial charge in [-0.05, 0) is 25.5 Å². The number of ketones is 1. The Kier molecular flexibility index (Phi) is 3.16. The zero-order valence-electron chi connectivity index (χ0n) is 8.56. The molecule has 1 aromatic carbocycles. The number of Topliss-reactive ketones (excluding diaryl/α,β-unsaturated/α-hetero) is 1. The fourth-order valence-electron chi connectivity index (χ4n) is 1.25. The van der Waals surface area contributed by atoms with E-state index in [1.807, 2.05) is 0 Å². The lowest BCUT2D eigenvalue weighted by molar-refractivity contribution is -0.385. The summed E-state index contributed by atoms with van der Waals surface area (Å²) in [4.78, 5) is 21.7. The summed E-state index contributed by atoms with van der Waals surface area (Å²) in [5, 5.41) is 10.7. The van der Waals surface area contributed by atoms with Gasteiger partial charge in [-0.3, -0.25) is 14.9 Å². The number of nitrogens with two attached hydrogens (primary N) is 1. The third-order valence-electron chi connectivity index (χ3n) is 2.03. The molecule has 5 nitrogen and oxygen atoms in total. The molecule has 5 heteroatoms. The van der Waals surface area contributed by atoms with E-state index in [0.29, 0.717) is 0 Å². The number of nitro groups is 1. The molecule has 0 fully saturated rings. The van der Waals surface area contributed by atoms with Crippen LogP contribution in [0.15, 0.2) is 18.2 Å². The summed E-state index contributed by atoms with van der Waals surface area (Å²) in [5.41, 5.74) is 6.10. The van der Waals surface area contributed by atoms with Gasteiger partial charge in [-0.15, -0.1) is 0 Å². The molecule has 1 unspecified atom stereocenters. The van der Waals surface area contributed by atoms with E-state index >= 15 is 0 Å². The summed E-state index contributed by atoms with van der Waals surface area (Å²) in [7, 11) is 0. The van der Waals surface area contributed by atoms with Gasteiger partial charge in [-0.1, -0.05) is 6.07 Å². The number of carbonyl (C=O) groups excluding carboxylic acids is 1. The number of rotatable bonds is 3. The lowest BCUT2D eigenvalue weighted by Gasteiger charge is -2.05. The van der Waals surface area contributed by atoms with E-state index in [1.165, 1.54) is 19.1 Å². The average Bonchev–Trinajstić information content (AvgIpc) is 2.15. The molecule has 0 heterocycles. The number of benzene rings is 1. The minimum absolute atomic E-state index is 0.0787. The second kappa shape index (κ2) is 4.18. The molecule has 0 aliphatic heterocycles. The van der Waals surface area contributed by atoms with Crippen molar-refractivity contribution in [2.45, 2.75) is 19.9 Å². The van der Waals surface area contributed by atoms with Crippen LogP contribution in [0.5, 0.6) is 0 Å². The first-order valence-corrected chi connectivity index (χ1v) is 4.48. The van der Waals surface area contributed by atoms with E-state index in [1.54, 1.807) is 13.0 Å². The van der Waals surface area contributed by atoms with Crippen molar-refractivity contribution >= 4 is 11.5 Å². The van der Waals surface area contributed by atoms with E-state index in [9.17, 15) is 14.9 Å². The van der Waals surface area contributed by atoms with Crippen LogP contribution in [-0.4, -0.2) is 16.7 Å². The maximum Gasteiger partial charge on any atom is 0.280 e. The van der Waals surface area contributed by atoms with Crippen LogP contribution >= 0.6 is 0 Å². The Morgan fingerprint density at radius 1 is 1.53 bits per heavy atom. The normalized spacial score (nSPS) is 12.2. The minimum Gasteiger partial charge on any atom is -0.321 e. The van der Waals surface area contributed by atoms with Gasteiger partial charge in [0, 0.05) is 6.07 Å². The van der Waals surface area contributed by atoms with Crippen LogP contribution in [0.4, 0.5) is 5.69 Å². The quantitative estimate of drug-likeness (QED) is 0.462. The van der Waals surface area contributed by atoms with Gasteiger partial charge in [-0.25, -0.2) is 0 Å². The third-order valence-corrected chi connectivity index (χ3v) is 2.03. The van der Waals surface area contributed by atoms with E-state index in [2.05, 4.69) is 0 Å². The highest BCUT2D eigenvalue weighted by molar-refractivity contribution is 6.03. The predicted octanol–water partition coefficient (Wildman–Crippen LogP) is 1.43. The Hall–Kier alpha value is -1.75. The molecule has 0 saturated carbocycles. The smallest absolute Gasteiger partial charge is 0.280 e. The van der Waals surface area contributed by atoms with Crippen molar-refractivity contribution in [3.05, 3.63) is 39.4 Å². The number of nitro benzene ring substituents is 1. The highest BCUT2D eigenvalue weighted by Gasteiger charge is 2.22. The molecule has 15 heavy (non-hydrogen) atoms. The topological polar surface area (TPSA) is 86.2 Å². The van der Waals surface area contributed by atoms with E-state index in [-0.39, 0.29) is 11.3 Å². The molecule has 0 aromatic heterocycles. The summed E-state index contributed by atoms with van der Waals surface area (Å²) in [6.45, 7) is 3.27. The first-order chi connectivity index (χ1) is 6.93.